The highest BCUT2D eigenvalue weighted by Crippen LogP contribution is 2.19. The summed E-state index contributed by atoms with van der Waals surface area (Å²) in [4.78, 5) is 22.1. The van der Waals surface area contributed by atoms with Gasteiger partial charge in [-0.1, -0.05) is 24.3 Å². The van der Waals surface area contributed by atoms with Crippen molar-refractivity contribution in [1.82, 2.24) is 0 Å². The van der Waals surface area contributed by atoms with E-state index < -0.39 is 4.92 Å². The summed E-state index contributed by atoms with van der Waals surface area (Å²) in [5, 5.41) is 20.2. The van der Waals surface area contributed by atoms with Crippen LogP contribution in [0.4, 0.5) is 5.69 Å². The lowest BCUT2D eigenvalue weighted by Crippen LogP contribution is -2.04. The highest BCUT2D eigenvalue weighted by Gasteiger charge is 2.13. The molecular formula is C14H11NO4. The van der Waals surface area contributed by atoms with Crippen molar-refractivity contribution in [3.05, 3.63) is 69.8 Å². The number of ketones is 1. The Hall–Kier alpha value is -2.69. The number of phenols is 1. The predicted octanol–water partition coefficient (Wildman–Crippen LogP) is 2.73. The molecule has 2 aromatic rings. The average molecular weight is 257 g/mol. The monoisotopic (exact) mass is 257 g/mol. The molecule has 0 atom stereocenters. The number of hydrogen-bond acceptors (Lipinski definition) is 4. The molecule has 0 aliphatic carbocycles. The second-order valence-corrected chi connectivity index (χ2v) is 4.04. The quantitative estimate of drug-likeness (QED) is 0.518. The van der Waals surface area contributed by atoms with Crippen LogP contribution in [0.3, 0.4) is 0 Å². The topological polar surface area (TPSA) is 80.4 Å². The first-order valence-electron chi connectivity index (χ1n) is 5.62. The van der Waals surface area contributed by atoms with Crippen molar-refractivity contribution in [1.29, 1.82) is 0 Å². The minimum atomic E-state index is -0.506. The van der Waals surface area contributed by atoms with Gasteiger partial charge < -0.3 is 5.11 Å². The van der Waals surface area contributed by atoms with Gasteiger partial charge in [-0.2, -0.15) is 0 Å². The van der Waals surface area contributed by atoms with Gasteiger partial charge in [-0.05, 0) is 17.7 Å². The zero-order valence-corrected chi connectivity index (χ0v) is 9.95. The van der Waals surface area contributed by atoms with Crippen molar-refractivity contribution in [3.63, 3.8) is 0 Å². The fourth-order valence-corrected chi connectivity index (χ4v) is 1.77. The average Bonchev–Trinajstić information content (AvgIpc) is 2.39. The van der Waals surface area contributed by atoms with E-state index in [1.54, 1.807) is 18.2 Å². The van der Waals surface area contributed by atoms with Crippen LogP contribution in [0.25, 0.3) is 0 Å². The molecule has 1 N–H and O–H groups in total. The van der Waals surface area contributed by atoms with E-state index in [4.69, 9.17) is 0 Å². The van der Waals surface area contributed by atoms with Crippen LogP contribution in [0.15, 0.2) is 48.5 Å². The number of para-hydroxylation sites is 1. The molecule has 96 valence electrons. The Bertz CT molecular complexity index is 637. The second-order valence-electron chi connectivity index (χ2n) is 4.04. The fourth-order valence-electron chi connectivity index (χ4n) is 1.77. The van der Waals surface area contributed by atoms with Gasteiger partial charge in [-0.3, -0.25) is 14.9 Å². The minimum Gasteiger partial charge on any atom is -0.507 e. The number of hydrogen-bond donors (Lipinski definition) is 1. The summed E-state index contributed by atoms with van der Waals surface area (Å²) < 4.78 is 0. The molecule has 0 aliphatic heterocycles. The predicted molar refractivity (Wildman–Crippen MR) is 69.2 cm³/mol. The number of aromatic hydroxyl groups is 1. The summed E-state index contributed by atoms with van der Waals surface area (Å²) in [6, 6.07) is 12.1. The Kier molecular flexibility index (Phi) is 3.56. The van der Waals surface area contributed by atoms with Crippen molar-refractivity contribution in [3.8, 4) is 5.75 Å². The minimum absolute atomic E-state index is 0.0131. The molecule has 0 saturated carbocycles. The summed E-state index contributed by atoms with van der Waals surface area (Å²) in [5.41, 5.74) is 0.707. The van der Waals surface area contributed by atoms with Crippen LogP contribution >= 0.6 is 0 Å². The van der Waals surface area contributed by atoms with E-state index >= 15 is 0 Å². The third-order valence-corrected chi connectivity index (χ3v) is 2.69. The van der Waals surface area contributed by atoms with Crippen molar-refractivity contribution < 1.29 is 14.8 Å². The van der Waals surface area contributed by atoms with Crippen LogP contribution in [-0.4, -0.2) is 15.8 Å². The molecule has 0 bridgehead atoms. The molecule has 2 rings (SSSR count). The van der Waals surface area contributed by atoms with Gasteiger partial charge in [0.05, 0.1) is 10.5 Å². The summed E-state index contributed by atoms with van der Waals surface area (Å²) in [6.45, 7) is 0. The molecule has 0 radical (unpaired) electrons. The molecule has 0 aliphatic rings. The lowest BCUT2D eigenvalue weighted by molar-refractivity contribution is -0.384. The molecule has 5 heteroatoms. The van der Waals surface area contributed by atoms with Crippen LogP contribution in [0.1, 0.15) is 15.9 Å². The molecule has 5 nitrogen and oxygen atoms in total. The van der Waals surface area contributed by atoms with Gasteiger partial charge in [-0.25, -0.2) is 0 Å². The van der Waals surface area contributed by atoms with Crippen molar-refractivity contribution in [2.75, 3.05) is 0 Å². The van der Waals surface area contributed by atoms with Crippen molar-refractivity contribution in [2.24, 2.45) is 0 Å². The molecule has 0 saturated heterocycles. The first-order chi connectivity index (χ1) is 9.08. The molecule has 19 heavy (non-hydrogen) atoms. The number of carbonyl (C=O) groups excluding carboxylic acids is 1. The lowest BCUT2D eigenvalue weighted by atomic mass is 10.0. The Labute approximate surface area is 109 Å². The number of carbonyl (C=O) groups is 1. The van der Waals surface area contributed by atoms with E-state index in [1.165, 1.54) is 30.3 Å². The zero-order chi connectivity index (χ0) is 13.8. The van der Waals surface area contributed by atoms with Crippen LogP contribution in [0, 0.1) is 10.1 Å². The van der Waals surface area contributed by atoms with Crippen LogP contribution < -0.4 is 0 Å². The summed E-state index contributed by atoms with van der Waals surface area (Å²) in [5.74, 6) is -0.364. The van der Waals surface area contributed by atoms with E-state index in [9.17, 15) is 20.0 Å². The van der Waals surface area contributed by atoms with Crippen LogP contribution in [-0.2, 0) is 6.42 Å². The van der Waals surface area contributed by atoms with Gasteiger partial charge in [0.25, 0.3) is 5.69 Å². The molecule has 0 amide bonds. The number of Topliss-reactive ketones (excluding diaryl/α,β-unsaturated/α-hetero) is 1. The fraction of sp³-hybridized carbons (Fsp3) is 0.0714. The molecular weight excluding hydrogens is 246 g/mol. The van der Waals surface area contributed by atoms with Gasteiger partial charge in [0.15, 0.2) is 5.78 Å². The SMILES string of the molecule is O=C(Cc1cccc([N+](=O)[O-])c1)c1ccccc1O. The lowest BCUT2D eigenvalue weighted by Gasteiger charge is -2.03. The maximum Gasteiger partial charge on any atom is 0.269 e. The van der Waals surface area contributed by atoms with Crippen molar-refractivity contribution in [2.45, 2.75) is 6.42 Å². The molecule has 0 aromatic heterocycles. The Morgan fingerprint density at radius 1 is 1.16 bits per heavy atom. The third kappa shape index (κ3) is 2.95. The first-order valence-corrected chi connectivity index (χ1v) is 5.62. The second kappa shape index (κ2) is 5.30. The highest BCUT2D eigenvalue weighted by atomic mass is 16.6. The standard InChI is InChI=1S/C14H11NO4/c16-13-7-2-1-6-12(13)14(17)9-10-4-3-5-11(8-10)15(18)19/h1-8,16H,9H2. The number of nitro benzene ring substituents is 1. The molecule has 0 heterocycles. The number of nitrogens with zero attached hydrogens (tertiary/aromatic N) is 1. The number of phenolic OH excluding ortho intramolecular Hbond substituents is 1. The largest absolute Gasteiger partial charge is 0.507 e. The number of benzene rings is 2. The van der Waals surface area contributed by atoms with Gasteiger partial charge >= 0.3 is 0 Å². The Balaban J connectivity index is 2.22. The normalized spacial score (nSPS) is 10.1. The van der Waals surface area contributed by atoms with E-state index in [1.807, 2.05) is 0 Å². The number of rotatable bonds is 4. The number of non-ortho nitro benzene ring substituents is 1. The summed E-state index contributed by atoms with van der Waals surface area (Å²) in [7, 11) is 0. The summed E-state index contributed by atoms with van der Waals surface area (Å²) in [6.07, 6.45) is 0.0131. The van der Waals surface area contributed by atoms with Gasteiger partial charge in [0.2, 0.25) is 0 Å². The van der Waals surface area contributed by atoms with Crippen LogP contribution in [0.5, 0.6) is 5.75 Å². The summed E-state index contributed by atoms with van der Waals surface area (Å²) >= 11 is 0. The van der Waals surface area contributed by atoms with Gasteiger partial charge in [-0.15, -0.1) is 0 Å². The van der Waals surface area contributed by atoms with Crippen molar-refractivity contribution >= 4 is 11.5 Å². The Morgan fingerprint density at radius 2 is 1.89 bits per heavy atom. The smallest absolute Gasteiger partial charge is 0.269 e. The van der Waals surface area contributed by atoms with E-state index in [0.29, 0.717) is 5.56 Å². The molecule has 0 spiro atoms. The third-order valence-electron chi connectivity index (χ3n) is 2.69. The van der Waals surface area contributed by atoms with Crippen LogP contribution in [0.2, 0.25) is 0 Å². The molecule has 0 fully saturated rings. The number of nitro groups is 1. The molecule has 0 unspecified atom stereocenters. The first kappa shape index (κ1) is 12.8. The van der Waals surface area contributed by atoms with Gasteiger partial charge in [0, 0.05) is 18.6 Å². The van der Waals surface area contributed by atoms with E-state index in [0.717, 1.165) is 0 Å². The van der Waals surface area contributed by atoms with E-state index in [2.05, 4.69) is 0 Å². The molecule has 2 aromatic carbocycles. The van der Waals surface area contributed by atoms with E-state index in [-0.39, 0.29) is 29.2 Å². The Morgan fingerprint density at radius 3 is 2.58 bits per heavy atom. The maximum absolute atomic E-state index is 12.0. The van der Waals surface area contributed by atoms with Gasteiger partial charge in [0.1, 0.15) is 5.75 Å². The maximum atomic E-state index is 12.0. The zero-order valence-electron chi connectivity index (χ0n) is 9.95. The highest BCUT2D eigenvalue weighted by molar-refractivity contribution is 5.99.